The first-order valence-electron chi connectivity index (χ1n) is 13.6. The maximum Gasteiger partial charge on any atom is 0.326 e. The quantitative estimate of drug-likeness (QED) is 0.0704. The van der Waals surface area contributed by atoms with Crippen LogP contribution in [0.3, 0.4) is 0 Å². The first-order valence-corrected chi connectivity index (χ1v) is 15.0. The highest BCUT2D eigenvalue weighted by molar-refractivity contribution is 7.98. The smallest absolute Gasteiger partial charge is 0.326 e. The van der Waals surface area contributed by atoms with Crippen LogP contribution in [0.15, 0.2) is 65.7 Å². The van der Waals surface area contributed by atoms with Crippen LogP contribution in [0.5, 0.6) is 0 Å². The Labute approximate surface area is 250 Å². The zero-order valence-electron chi connectivity index (χ0n) is 23.7. The number of hydrogen-bond donors (Lipinski definition) is 7. The first kappa shape index (κ1) is 34.1. The Morgan fingerprint density at radius 2 is 1.26 bits per heavy atom. The number of nitrogens with two attached hydrogens (primary N) is 3. The molecule has 0 radical (unpaired) electrons. The molecule has 0 spiro atoms. The average Bonchev–Trinajstić information content (AvgIpc) is 2.97. The van der Waals surface area contributed by atoms with Gasteiger partial charge in [0.15, 0.2) is 5.96 Å². The number of rotatable bonds is 18. The third kappa shape index (κ3) is 12.6. The topological polar surface area (TPSA) is 215 Å². The van der Waals surface area contributed by atoms with E-state index in [0.29, 0.717) is 18.6 Å². The van der Waals surface area contributed by atoms with Gasteiger partial charge in [-0.15, -0.1) is 0 Å². The van der Waals surface area contributed by atoms with E-state index in [9.17, 15) is 24.3 Å². The van der Waals surface area contributed by atoms with Crippen LogP contribution in [0.1, 0.15) is 30.4 Å². The molecule has 2 aromatic carbocycles. The largest absolute Gasteiger partial charge is 0.480 e. The fourth-order valence-electron chi connectivity index (χ4n) is 4.08. The van der Waals surface area contributed by atoms with Gasteiger partial charge in [-0.1, -0.05) is 60.7 Å². The van der Waals surface area contributed by atoms with Crippen molar-refractivity contribution >= 4 is 41.4 Å². The molecule has 0 fully saturated rings. The lowest BCUT2D eigenvalue weighted by Crippen LogP contribution is -2.58. The van der Waals surface area contributed by atoms with Gasteiger partial charge in [-0.25, -0.2) is 4.79 Å². The zero-order chi connectivity index (χ0) is 30.9. The molecule has 0 aliphatic carbocycles. The second-order valence-electron chi connectivity index (χ2n) is 9.74. The van der Waals surface area contributed by atoms with Crippen LogP contribution in [0, 0.1) is 0 Å². The monoisotopic (exact) mass is 599 g/mol. The number of amides is 3. The van der Waals surface area contributed by atoms with Gasteiger partial charge in [-0.2, -0.15) is 11.8 Å². The number of aliphatic imine (C=N–C) groups is 1. The lowest BCUT2D eigenvalue weighted by atomic mass is 10.0. The zero-order valence-corrected chi connectivity index (χ0v) is 24.5. The first-order chi connectivity index (χ1) is 20.1. The number of carboxylic acid groups (broad SMARTS) is 1. The molecular weight excluding hydrogens is 558 g/mol. The summed E-state index contributed by atoms with van der Waals surface area (Å²) in [5.74, 6) is -2.41. The van der Waals surface area contributed by atoms with Crippen LogP contribution in [0.2, 0.25) is 0 Å². The summed E-state index contributed by atoms with van der Waals surface area (Å²) in [7, 11) is 0. The second-order valence-corrected chi connectivity index (χ2v) is 10.7. The Balaban J connectivity index is 2.25. The van der Waals surface area contributed by atoms with Crippen molar-refractivity contribution in [2.24, 2.45) is 22.2 Å². The maximum absolute atomic E-state index is 13.6. The van der Waals surface area contributed by atoms with E-state index < -0.39 is 47.9 Å². The highest BCUT2D eigenvalue weighted by Crippen LogP contribution is 2.09. The van der Waals surface area contributed by atoms with Gasteiger partial charge >= 0.3 is 5.97 Å². The van der Waals surface area contributed by atoms with E-state index in [1.807, 2.05) is 42.7 Å². The Morgan fingerprint density at radius 3 is 1.71 bits per heavy atom. The number of carbonyl (C=O) groups excluding carboxylic acids is 3. The molecule has 4 unspecified atom stereocenters. The minimum Gasteiger partial charge on any atom is -0.480 e. The lowest BCUT2D eigenvalue weighted by Gasteiger charge is -2.25. The predicted octanol–water partition coefficient (Wildman–Crippen LogP) is 0.145. The lowest BCUT2D eigenvalue weighted by molar-refractivity contribution is -0.142. The van der Waals surface area contributed by atoms with Crippen LogP contribution in [0.25, 0.3) is 0 Å². The van der Waals surface area contributed by atoms with Gasteiger partial charge in [-0.05, 0) is 42.4 Å². The van der Waals surface area contributed by atoms with Crippen molar-refractivity contribution < 1.29 is 24.3 Å². The van der Waals surface area contributed by atoms with E-state index in [1.165, 1.54) is 0 Å². The number of thioether (sulfide) groups is 1. The molecule has 0 saturated carbocycles. The Bertz CT molecular complexity index is 1180. The molecule has 2 aromatic rings. The Kier molecular flexibility index (Phi) is 14.9. The third-order valence-corrected chi connectivity index (χ3v) is 7.00. The SMILES string of the molecule is CSCCC(N)C(=O)NC(Cc1ccccc1)C(=O)NC(Cc1ccccc1)C(=O)NC(CCCN=C(N)N)C(=O)O. The van der Waals surface area contributed by atoms with Crippen LogP contribution >= 0.6 is 11.8 Å². The molecule has 0 saturated heterocycles. The molecule has 12 nitrogen and oxygen atoms in total. The second kappa shape index (κ2) is 18.4. The summed E-state index contributed by atoms with van der Waals surface area (Å²) in [5, 5.41) is 17.7. The van der Waals surface area contributed by atoms with Crippen molar-refractivity contribution in [3.8, 4) is 0 Å². The van der Waals surface area contributed by atoms with Gasteiger partial charge in [0.25, 0.3) is 0 Å². The standard InChI is InChI=1S/C29H41N7O5S/c1-42-16-14-21(30)25(37)35-23(17-19-9-4-2-5-10-19)27(39)36-24(18-20-11-6-3-7-12-20)26(38)34-22(28(40)41)13-8-15-33-29(31)32/h2-7,9-12,21-24H,8,13-18,30H2,1H3,(H,34,38)(H,35,37)(H,36,39)(H,40,41)(H4,31,32,33). The molecule has 3 amide bonds. The molecule has 13 heteroatoms. The third-order valence-electron chi connectivity index (χ3n) is 6.36. The fourth-order valence-corrected chi connectivity index (χ4v) is 4.57. The molecule has 0 aromatic heterocycles. The molecule has 10 N–H and O–H groups in total. The number of hydrogen-bond acceptors (Lipinski definition) is 7. The molecule has 0 bridgehead atoms. The Morgan fingerprint density at radius 1 is 0.786 bits per heavy atom. The number of aliphatic carboxylic acids is 1. The van der Waals surface area contributed by atoms with E-state index in [4.69, 9.17) is 17.2 Å². The summed E-state index contributed by atoms with van der Waals surface area (Å²) in [6, 6.07) is 14.0. The predicted molar refractivity (Wildman–Crippen MR) is 165 cm³/mol. The number of guanidine groups is 1. The van der Waals surface area contributed by atoms with Gasteiger partial charge in [-0.3, -0.25) is 19.4 Å². The van der Waals surface area contributed by atoms with Crippen molar-refractivity contribution in [2.75, 3.05) is 18.6 Å². The minimum atomic E-state index is -1.23. The van der Waals surface area contributed by atoms with Gasteiger partial charge < -0.3 is 38.3 Å². The van der Waals surface area contributed by atoms with Crippen molar-refractivity contribution in [3.63, 3.8) is 0 Å². The average molecular weight is 600 g/mol. The summed E-state index contributed by atoms with van der Waals surface area (Å²) >= 11 is 1.56. The summed E-state index contributed by atoms with van der Waals surface area (Å²) < 4.78 is 0. The summed E-state index contributed by atoms with van der Waals surface area (Å²) in [5.41, 5.74) is 18.2. The number of nitrogens with one attached hydrogen (secondary N) is 3. The molecule has 0 heterocycles. The molecule has 4 atom stereocenters. The van der Waals surface area contributed by atoms with Gasteiger partial charge in [0, 0.05) is 19.4 Å². The van der Waals surface area contributed by atoms with Crippen molar-refractivity contribution in [1.82, 2.24) is 16.0 Å². The number of carboxylic acids is 1. The highest BCUT2D eigenvalue weighted by atomic mass is 32.2. The van der Waals surface area contributed by atoms with Crippen molar-refractivity contribution in [1.29, 1.82) is 0 Å². The van der Waals surface area contributed by atoms with Crippen LogP contribution in [-0.2, 0) is 32.0 Å². The van der Waals surface area contributed by atoms with Crippen LogP contribution in [0.4, 0.5) is 0 Å². The number of benzene rings is 2. The Hall–Kier alpha value is -4.10. The summed E-state index contributed by atoms with van der Waals surface area (Å²) in [6.45, 7) is 0.201. The van der Waals surface area contributed by atoms with Crippen LogP contribution in [-0.4, -0.2) is 77.5 Å². The molecule has 2 rings (SSSR count). The van der Waals surface area contributed by atoms with E-state index in [1.54, 1.807) is 36.0 Å². The van der Waals surface area contributed by atoms with E-state index in [2.05, 4.69) is 20.9 Å². The van der Waals surface area contributed by atoms with E-state index in [-0.39, 0.29) is 31.8 Å². The number of nitrogens with zero attached hydrogens (tertiary/aromatic N) is 1. The minimum absolute atomic E-state index is 0.0739. The normalized spacial score (nSPS) is 13.6. The molecular formula is C29H41N7O5S. The van der Waals surface area contributed by atoms with E-state index >= 15 is 0 Å². The molecule has 0 aliphatic heterocycles. The van der Waals surface area contributed by atoms with E-state index in [0.717, 1.165) is 11.1 Å². The van der Waals surface area contributed by atoms with Gasteiger partial charge in [0.2, 0.25) is 17.7 Å². The van der Waals surface area contributed by atoms with Gasteiger partial charge in [0.1, 0.15) is 18.1 Å². The van der Waals surface area contributed by atoms with Crippen molar-refractivity contribution in [3.05, 3.63) is 71.8 Å². The highest BCUT2D eigenvalue weighted by Gasteiger charge is 2.30. The fraction of sp³-hybridized carbons (Fsp3) is 0.414. The van der Waals surface area contributed by atoms with Crippen LogP contribution < -0.4 is 33.2 Å². The molecule has 0 aliphatic rings. The molecule has 42 heavy (non-hydrogen) atoms. The number of carbonyl (C=O) groups is 4. The summed E-state index contributed by atoms with van der Waals surface area (Å²) in [4.78, 5) is 55.6. The maximum atomic E-state index is 13.6. The van der Waals surface area contributed by atoms with Crippen molar-refractivity contribution in [2.45, 2.75) is 56.3 Å². The molecule has 228 valence electrons. The van der Waals surface area contributed by atoms with Gasteiger partial charge in [0.05, 0.1) is 6.04 Å². The summed E-state index contributed by atoms with van der Waals surface area (Å²) in [6.07, 6.45) is 2.99.